The van der Waals surface area contributed by atoms with E-state index in [4.69, 9.17) is 10.5 Å². The van der Waals surface area contributed by atoms with Gasteiger partial charge < -0.3 is 10.5 Å². The fourth-order valence-electron chi connectivity index (χ4n) is 0.228. The summed E-state index contributed by atoms with van der Waals surface area (Å²) < 4.78 is 4.86. The Balaban J connectivity index is 0. The zero-order valence-electron chi connectivity index (χ0n) is 4.52. The number of hydrogen-bond donors (Lipinski definition) is 1. The first-order valence-corrected chi connectivity index (χ1v) is 2.19. The van der Waals surface area contributed by atoms with Gasteiger partial charge in [0.15, 0.2) is 0 Å². The van der Waals surface area contributed by atoms with Gasteiger partial charge in [-0.05, 0) is 6.92 Å². The molecule has 0 spiro atoms. The normalized spacial score (nSPS) is 7.71. The van der Waals surface area contributed by atoms with Crippen LogP contribution >= 0.6 is 12.4 Å². The van der Waals surface area contributed by atoms with E-state index < -0.39 is 0 Å². The Bertz CT molecular complexity index is 23.7. The molecule has 0 aliphatic rings. The van der Waals surface area contributed by atoms with E-state index in [1.54, 1.807) is 0 Å². The maximum Gasteiger partial charge on any atom is 0.0588 e. The molecule has 2 nitrogen and oxygen atoms in total. The lowest BCUT2D eigenvalue weighted by atomic mass is 10.7. The molecule has 0 aromatic heterocycles. The summed E-state index contributed by atoms with van der Waals surface area (Å²) in [5.41, 5.74) is 5.09. The van der Waals surface area contributed by atoms with Gasteiger partial charge in [0.05, 0.1) is 6.61 Å². The molecule has 0 bridgehead atoms. The molecule has 0 fully saturated rings. The average Bonchev–Trinajstić information content (AvgIpc) is 1.61. The van der Waals surface area contributed by atoms with E-state index in [0.717, 1.165) is 6.61 Å². The molecule has 0 saturated carbocycles. The minimum absolute atomic E-state index is 0. The summed E-state index contributed by atoms with van der Waals surface area (Å²) in [6, 6.07) is 0. The van der Waals surface area contributed by atoms with Crippen molar-refractivity contribution < 1.29 is 4.74 Å². The Morgan fingerprint density at radius 1 is 1.57 bits per heavy atom. The molecule has 0 atom stereocenters. The van der Waals surface area contributed by atoms with Crippen molar-refractivity contribution in [2.24, 2.45) is 5.73 Å². The maximum atomic E-state index is 5.09. The molecule has 0 rings (SSSR count). The van der Waals surface area contributed by atoms with Crippen LogP contribution in [0, 0.1) is 0 Å². The Kier molecular flexibility index (Phi) is 13.9. The monoisotopic (exact) mass is 125 g/mol. The van der Waals surface area contributed by atoms with E-state index in [9.17, 15) is 0 Å². The van der Waals surface area contributed by atoms with E-state index in [1.165, 1.54) is 0 Å². The summed E-state index contributed by atoms with van der Waals surface area (Å²) in [5, 5.41) is 0. The van der Waals surface area contributed by atoms with Crippen LogP contribution in [0.15, 0.2) is 0 Å². The van der Waals surface area contributed by atoms with Crippen molar-refractivity contribution in [3.05, 3.63) is 0 Å². The molecule has 0 unspecified atom stereocenters. The molecule has 2 N–H and O–H groups in total. The summed E-state index contributed by atoms with van der Waals surface area (Å²) in [5.74, 6) is 0. The summed E-state index contributed by atoms with van der Waals surface area (Å²) in [7, 11) is 0. The molecule has 7 heavy (non-hydrogen) atoms. The van der Waals surface area contributed by atoms with E-state index in [1.807, 2.05) is 6.92 Å². The van der Waals surface area contributed by atoms with Crippen molar-refractivity contribution in [2.45, 2.75) is 6.92 Å². The summed E-state index contributed by atoms with van der Waals surface area (Å²) in [4.78, 5) is 0. The van der Waals surface area contributed by atoms with Crippen LogP contribution in [0.1, 0.15) is 6.92 Å². The lowest BCUT2D eigenvalue weighted by Crippen LogP contribution is -2.07. The van der Waals surface area contributed by atoms with Gasteiger partial charge >= 0.3 is 0 Å². The van der Waals surface area contributed by atoms with Crippen molar-refractivity contribution >= 4 is 12.4 Å². The quantitative estimate of drug-likeness (QED) is 0.555. The number of rotatable bonds is 3. The number of hydrogen-bond acceptors (Lipinski definition) is 2. The minimum Gasteiger partial charge on any atom is -0.380 e. The zero-order chi connectivity index (χ0) is 4.83. The third kappa shape index (κ3) is 10.7. The Hall–Kier alpha value is 0.210. The van der Waals surface area contributed by atoms with Gasteiger partial charge in [-0.3, -0.25) is 0 Å². The number of halogens is 1. The van der Waals surface area contributed by atoms with E-state index in [0.29, 0.717) is 13.2 Å². The second kappa shape index (κ2) is 9.51. The molecule has 0 heterocycles. The minimum atomic E-state index is 0. The lowest BCUT2D eigenvalue weighted by Gasteiger charge is -1.91. The molecule has 46 valence electrons. The van der Waals surface area contributed by atoms with Crippen LogP contribution < -0.4 is 5.73 Å². The van der Waals surface area contributed by atoms with Crippen molar-refractivity contribution in [2.75, 3.05) is 19.8 Å². The largest absolute Gasteiger partial charge is 0.380 e. The van der Waals surface area contributed by atoms with Gasteiger partial charge in [0.25, 0.3) is 0 Å². The van der Waals surface area contributed by atoms with Crippen LogP contribution in [0.3, 0.4) is 0 Å². The molecule has 0 aromatic carbocycles. The molecular weight excluding hydrogens is 114 g/mol. The highest BCUT2D eigenvalue weighted by atomic mass is 35.5. The number of nitrogens with two attached hydrogens (primary N) is 1. The van der Waals surface area contributed by atoms with Gasteiger partial charge in [-0.15, -0.1) is 12.4 Å². The zero-order valence-corrected chi connectivity index (χ0v) is 5.33. The second-order valence-corrected chi connectivity index (χ2v) is 0.986. The average molecular weight is 126 g/mol. The van der Waals surface area contributed by atoms with Gasteiger partial charge in [0.2, 0.25) is 0 Å². The smallest absolute Gasteiger partial charge is 0.0588 e. The summed E-state index contributed by atoms with van der Waals surface area (Å²) in [6.45, 7) is 4.05. The first kappa shape index (κ1) is 10.2. The Morgan fingerprint density at radius 2 is 2.14 bits per heavy atom. The lowest BCUT2D eigenvalue weighted by molar-refractivity contribution is 0.155. The fraction of sp³-hybridized carbons (Fsp3) is 1.00. The van der Waals surface area contributed by atoms with Crippen molar-refractivity contribution in [1.82, 2.24) is 0 Å². The van der Waals surface area contributed by atoms with Gasteiger partial charge in [0.1, 0.15) is 0 Å². The highest BCUT2D eigenvalue weighted by Gasteiger charge is 1.72. The third-order valence-electron chi connectivity index (χ3n) is 0.466. The molecule has 0 saturated heterocycles. The molecule has 0 aliphatic heterocycles. The standard InChI is InChI=1S/C4H11NO.ClH/c1-2-6-4-3-5;/h2-5H2,1H3;1H. The van der Waals surface area contributed by atoms with E-state index in [-0.39, 0.29) is 12.4 Å². The second-order valence-electron chi connectivity index (χ2n) is 0.986. The summed E-state index contributed by atoms with van der Waals surface area (Å²) >= 11 is 0. The molecule has 0 aliphatic carbocycles. The van der Waals surface area contributed by atoms with E-state index >= 15 is 0 Å². The molecule has 0 aromatic rings. The predicted octanol–water partition coefficient (Wildman–Crippen LogP) is 0.403. The first-order chi connectivity index (χ1) is 2.91. The van der Waals surface area contributed by atoms with Crippen LogP contribution in [0.25, 0.3) is 0 Å². The molecule has 3 heteroatoms. The van der Waals surface area contributed by atoms with Gasteiger partial charge in [-0.25, -0.2) is 0 Å². The Morgan fingerprint density at radius 3 is 2.29 bits per heavy atom. The van der Waals surface area contributed by atoms with Crippen LogP contribution in [0.2, 0.25) is 0 Å². The van der Waals surface area contributed by atoms with Crippen LogP contribution in [0.4, 0.5) is 0 Å². The van der Waals surface area contributed by atoms with E-state index in [2.05, 4.69) is 0 Å². The number of ether oxygens (including phenoxy) is 1. The SMILES string of the molecule is CCOCCN.Cl. The van der Waals surface area contributed by atoms with Crippen molar-refractivity contribution in [3.8, 4) is 0 Å². The molecular formula is C4H12ClNO. The topological polar surface area (TPSA) is 35.2 Å². The Labute approximate surface area is 50.4 Å². The maximum absolute atomic E-state index is 5.09. The van der Waals surface area contributed by atoms with Gasteiger partial charge in [-0.2, -0.15) is 0 Å². The highest BCUT2D eigenvalue weighted by molar-refractivity contribution is 5.85. The third-order valence-corrected chi connectivity index (χ3v) is 0.466. The van der Waals surface area contributed by atoms with Crippen LogP contribution in [-0.4, -0.2) is 19.8 Å². The first-order valence-electron chi connectivity index (χ1n) is 2.19. The molecule has 0 radical (unpaired) electrons. The predicted molar refractivity (Wildman–Crippen MR) is 32.8 cm³/mol. The van der Waals surface area contributed by atoms with Crippen LogP contribution in [0.5, 0.6) is 0 Å². The molecule has 0 amide bonds. The summed E-state index contributed by atoms with van der Waals surface area (Å²) in [6.07, 6.45) is 0. The highest BCUT2D eigenvalue weighted by Crippen LogP contribution is 1.64. The van der Waals surface area contributed by atoms with Gasteiger partial charge in [-0.1, -0.05) is 0 Å². The fourth-order valence-corrected chi connectivity index (χ4v) is 0.228. The van der Waals surface area contributed by atoms with Crippen molar-refractivity contribution in [3.63, 3.8) is 0 Å². The van der Waals surface area contributed by atoms with Crippen LogP contribution in [-0.2, 0) is 4.74 Å². The van der Waals surface area contributed by atoms with Gasteiger partial charge in [0, 0.05) is 13.2 Å². The van der Waals surface area contributed by atoms with Crippen molar-refractivity contribution in [1.29, 1.82) is 0 Å².